The average molecular weight is 442 g/mol. The number of rotatable bonds is 3. The summed E-state index contributed by atoms with van der Waals surface area (Å²) in [7, 11) is 1.81. The van der Waals surface area contributed by atoms with E-state index >= 15 is 0 Å². The maximum atomic E-state index is 12.8. The van der Waals surface area contributed by atoms with E-state index in [-0.39, 0.29) is 24.2 Å². The Kier molecular flexibility index (Phi) is 6.78. The smallest absolute Gasteiger partial charge is 0.475 e. The highest BCUT2D eigenvalue weighted by Crippen LogP contribution is 2.31. The minimum atomic E-state index is -5.08. The minimum absolute atomic E-state index is 0.0138. The summed E-state index contributed by atoms with van der Waals surface area (Å²) >= 11 is 0. The van der Waals surface area contributed by atoms with E-state index in [2.05, 4.69) is 10.1 Å². The van der Waals surface area contributed by atoms with Crippen molar-refractivity contribution in [3.05, 3.63) is 42.4 Å². The Labute approximate surface area is 175 Å². The van der Waals surface area contributed by atoms with Gasteiger partial charge >= 0.3 is 12.1 Å². The fourth-order valence-corrected chi connectivity index (χ4v) is 3.53. The molecule has 2 saturated heterocycles. The van der Waals surface area contributed by atoms with Crippen molar-refractivity contribution in [2.45, 2.75) is 37.3 Å². The van der Waals surface area contributed by atoms with Gasteiger partial charge < -0.3 is 19.5 Å². The van der Waals surface area contributed by atoms with Gasteiger partial charge in [0.2, 0.25) is 5.88 Å². The molecule has 2 aromatic rings. The Hall–Kier alpha value is -3.15. The maximum Gasteiger partial charge on any atom is 0.490 e. The SMILES string of the molecule is Cn1cc(C(=O)N2CC[C@@H](Oc3ccccn3)[C@H]3OCC[C@@H]32)cn1.O=C(O)C(F)(F)F. The molecular formula is C19H21F3N4O5. The number of pyridine rings is 1. The van der Waals surface area contributed by atoms with Gasteiger partial charge in [-0.15, -0.1) is 0 Å². The number of carboxylic acid groups (broad SMARTS) is 1. The van der Waals surface area contributed by atoms with Crippen LogP contribution in [0.3, 0.4) is 0 Å². The van der Waals surface area contributed by atoms with Gasteiger partial charge in [0.15, 0.2) is 0 Å². The molecule has 2 aliphatic heterocycles. The molecule has 4 rings (SSSR count). The van der Waals surface area contributed by atoms with Crippen molar-refractivity contribution in [2.24, 2.45) is 7.05 Å². The largest absolute Gasteiger partial charge is 0.490 e. The topological polar surface area (TPSA) is 107 Å². The number of alkyl halides is 3. The number of hydrogen-bond acceptors (Lipinski definition) is 6. The summed E-state index contributed by atoms with van der Waals surface area (Å²) in [6, 6.07) is 5.64. The third-order valence-corrected chi connectivity index (χ3v) is 4.89. The number of nitrogens with zero attached hydrogens (tertiary/aromatic N) is 4. The highest BCUT2D eigenvalue weighted by Gasteiger charge is 2.45. The molecule has 31 heavy (non-hydrogen) atoms. The van der Waals surface area contributed by atoms with Crippen LogP contribution >= 0.6 is 0 Å². The van der Waals surface area contributed by atoms with Crippen LogP contribution in [-0.2, 0) is 16.6 Å². The molecule has 3 atom stereocenters. The zero-order valence-electron chi connectivity index (χ0n) is 16.5. The van der Waals surface area contributed by atoms with Crippen molar-refractivity contribution >= 4 is 11.9 Å². The van der Waals surface area contributed by atoms with Gasteiger partial charge in [0, 0.05) is 45.1 Å². The van der Waals surface area contributed by atoms with Crippen LogP contribution in [0.15, 0.2) is 36.8 Å². The van der Waals surface area contributed by atoms with Gasteiger partial charge in [0.05, 0.1) is 17.8 Å². The lowest BCUT2D eigenvalue weighted by atomic mass is 9.95. The number of likely N-dealkylation sites (tertiary alicyclic amines) is 1. The third-order valence-electron chi connectivity index (χ3n) is 4.89. The lowest BCUT2D eigenvalue weighted by Crippen LogP contribution is -2.56. The number of piperidine rings is 1. The zero-order valence-corrected chi connectivity index (χ0v) is 16.5. The predicted octanol–water partition coefficient (Wildman–Crippen LogP) is 1.90. The monoisotopic (exact) mass is 442 g/mol. The normalized spacial score (nSPS) is 22.8. The number of amides is 1. The quantitative estimate of drug-likeness (QED) is 0.774. The fraction of sp³-hybridized carbons (Fsp3) is 0.474. The Morgan fingerprint density at radius 3 is 2.61 bits per heavy atom. The van der Waals surface area contributed by atoms with Crippen LogP contribution in [0.1, 0.15) is 23.2 Å². The van der Waals surface area contributed by atoms with Gasteiger partial charge in [-0.3, -0.25) is 9.48 Å². The molecule has 2 fully saturated rings. The number of fused-ring (bicyclic) bond motifs is 1. The molecule has 2 aromatic heterocycles. The van der Waals surface area contributed by atoms with E-state index in [1.54, 1.807) is 23.3 Å². The number of aliphatic carboxylic acids is 1. The second-order valence-corrected chi connectivity index (χ2v) is 7.01. The summed E-state index contributed by atoms with van der Waals surface area (Å²) in [5, 5.41) is 11.2. The van der Waals surface area contributed by atoms with Crippen molar-refractivity contribution in [3.8, 4) is 5.88 Å². The van der Waals surface area contributed by atoms with Crippen LogP contribution in [0.4, 0.5) is 13.2 Å². The molecular weight excluding hydrogens is 421 g/mol. The number of carboxylic acids is 1. The second-order valence-electron chi connectivity index (χ2n) is 7.01. The highest BCUT2D eigenvalue weighted by atomic mass is 19.4. The van der Waals surface area contributed by atoms with Gasteiger partial charge in [-0.05, 0) is 12.5 Å². The van der Waals surface area contributed by atoms with Crippen molar-refractivity contribution in [3.63, 3.8) is 0 Å². The highest BCUT2D eigenvalue weighted by molar-refractivity contribution is 5.94. The summed E-state index contributed by atoms with van der Waals surface area (Å²) in [5.41, 5.74) is 0.618. The molecule has 1 amide bonds. The van der Waals surface area contributed by atoms with Gasteiger partial charge in [-0.25, -0.2) is 9.78 Å². The van der Waals surface area contributed by atoms with E-state index in [0.717, 1.165) is 12.8 Å². The van der Waals surface area contributed by atoms with E-state index in [4.69, 9.17) is 19.4 Å². The van der Waals surface area contributed by atoms with Crippen LogP contribution in [0.2, 0.25) is 0 Å². The van der Waals surface area contributed by atoms with E-state index in [9.17, 15) is 18.0 Å². The van der Waals surface area contributed by atoms with Crippen LogP contribution in [0, 0.1) is 0 Å². The lowest BCUT2D eigenvalue weighted by Gasteiger charge is -2.40. The fourth-order valence-electron chi connectivity index (χ4n) is 3.53. The van der Waals surface area contributed by atoms with Crippen LogP contribution < -0.4 is 4.74 Å². The Bertz CT molecular complexity index is 905. The Morgan fingerprint density at radius 2 is 2.03 bits per heavy atom. The number of halogens is 3. The Morgan fingerprint density at radius 1 is 1.29 bits per heavy atom. The molecule has 0 spiro atoms. The molecule has 9 nitrogen and oxygen atoms in total. The molecule has 0 unspecified atom stereocenters. The van der Waals surface area contributed by atoms with Crippen LogP contribution in [0.5, 0.6) is 5.88 Å². The first-order chi connectivity index (χ1) is 14.7. The van der Waals surface area contributed by atoms with E-state index in [0.29, 0.717) is 24.6 Å². The van der Waals surface area contributed by atoms with Crippen molar-refractivity contribution in [2.75, 3.05) is 13.2 Å². The average Bonchev–Trinajstić information content (AvgIpc) is 3.38. The molecule has 0 aliphatic carbocycles. The van der Waals surface area contributed by atoms with E-state index < -0.39 is 12.1 Å². The maximum absolute atomic E-state index is 12.8. The summed E-state index contributed by atoms with van der Waals surface area (Å²) in [6.45, 7) is 1.30. The van der Waals surface area contributed by atoms with Crippen molar-refractivity contribution < 1.29 is 37.3 Å². The molecule has 0 radical (unpaired) electrons. The van der Waals surface area contributed by atoms with Crippen molar-refractivity contribution in [1.82, 2.24) is 19.7 Å². The van der Waals surface area contributed by atoms with E-state index in [1.807, 2.05) is 30.1 Å². The predicted molar refractivity (Wildman–Crippen MR) is 99.4 cm³/mol. The summed E-state index contributed by atoms with van der Waals surface area (Å²) in [5.74, 6) is -2.14. The second kappa shape index (κ2) is 9.33. The van der Waals surface area contributed by atoms with Gasteiger partial charge in [-0.1, -0.05) is 6.07 Å². The van der Waals surface area contributed by atoms with Gasteiger partial charge in [-0.2, -0.15) is 18.3 Å². The molecule has 2 aliphatic rings. The summed E-state index contributed by atoms with van der Waals surface area (Å²) in [6.07, 6.45) is 1.37. The first-order valence-corrected chi connectivity index (χ1v) is 9.46. The number of aryl methyl sites for hydroxylation is 1. The molecule has 168 valence electrons. The van der Waals surface area contributed by atoms with Gasteiger partial charge in [0.1, 0.15) is 12.2 Å². The number of carbonyl (C=O) groups excluding carboxylic acids is 1. The standard InChI is InChI=1S/C17H20N4O3.C2HF3O2/c1-20-11-12(10-19-20)17(22)21-8-5-14(16-13(21)6-9-23-16)24-15-4-2-3-7-18-15;3-2(4,5)1(6)7/h2-4,7,10-11,13-14,16H,5-6,8-9H2,1H3;(H,6,7)/t13-,14+,16-;/m0./s1. The third kappa shape index (κ3) is 5.51. The Balaban J connectivity index is 0.000000339. The number of hydrogen-bond donors (Lipinski definition) is 1. The number of carbonyl (C=O) groups is 2. The first-order valence-electron chi connectivity index (χ1n) is 9.46. The van der Waals surface area contributed by atoms with Crippen LogP contribution in [-0.4, -0.2) is 74.2 Å². The lowest BCUT2D eigenvalue weighted by molar-refractivity contribution is -0.192. The summed E-state index contributed by atoms with van der Waals surface area (Å²) < 4.78 is 45.3. The number of ether oxygens (including phenoxy) is 2. The molecule has 4 heterocycles. The molecule has 1 N–H and O–H groups in total. The van der Waals surface area contributed by atoms with Crippen LogP contribution in [0.25, 0.3) is 0 Å². The molecule has 12 heteroatoms. The molecule has 0 saturated carbocycles. The number of aromatic nitrogens is 3. The minimum Gasteiger partial charge on any atom is -0.475 e. The van der Waals surface area contributed by atoms with Crippen molar-refractivity contribution in [1.29, 1.82) is 0 Å². The molecule has 0 bridgehead atoms. The van der Waals surface area contributed by atoms with E-state index in [1.165, 1.54) is 0 Å². The molecule has 0 aromatic carbocycles. The first kappa shape index (κ1) is 22.5. The van der Waals surface area contributed by atoms with Gasteiger partial charge in [0.25, 0.3) is 5.91 Å². The zero-order chi connectivity index (χ0) is 22.6. The summed E-state index contributed by atoms with van der Waals surface area (Å²) in [4.78, 5) is 27.8.